The Kier molecular flexibility index (Phi) is 2.35. The number of aromatic nitrogens is 3. The maximum Gasteiger partial charge on any atom is 0.184 e. The van der Waals surface area contributed by atoms with Gasteiger partial charge in [-0.15, -0.1) is 0 Å². The Bertz CT molecular complexity index is 543. The first-order valence-electron chi connectivity index (χ1n) is 5.85. The van der Waals surface area contributed by atoms with Gasteiger partial charge >= 0.3 is 0 Å². The molecule has 0 spiro atoms. The van der Waals surface area contributed by atoms with Crippen molar-refractivity contribution in [3.63, 3.8) is 0 Å². The summed E-state index contributed by atoms with van der Waals surface area (Å²) in [6.45, 7) is 2.05. The van der Waals surface area contributed by atoms with Gasteiger partial charge in [0.25, 0.3) is 0 Å². The Morgan fingerprint density at radius 3 is 2.88 bits per heavy atom. The molecule has 4 heteroatoms. The minimum Gasteiger partial charge on any atom is -0.496 e. The van der Waals surface area contributed by atoms with E-state index in [-0.39, 0.29) is 0 Å². The zero-order chi connectivity index (χ0) is 11.8. The van der Waals surface area contributed by atoms with Crippen molar-refractivity contribution in [1.82, 2.24) is 15.2 Å². The summed E-state index contributed by atoms with van der Waals surface area (Å²) in [6.07, 6.45) is 2.44. The number of H-pyrrole nitrogens is 1. The minimum absolute atomic E-state index is 0.590. The number of ether oxygens (including phenoxy) is 1. The van der Waals surface area contributed by atoms with E-state index < -0.39 is 0 Å². The maximum absolute atomic E-state index is 5.35. The van der Waals surface area contributed by atoms with Crippen LogP contribution in [-0.4, -0.2) is 22.3 Å². The van der Waals surface area contributed by atoms with Crippen molar-refractivity contribution < 1.29 is 4.74 Å². The predicted molar refractivity (Wildman–Crippen MR) is 65.1 cm³/mol. The van der Waals surface area contributed by atoms with Crippen LogP contribution in [0.25, 0.3) is 11.4 Å². The molecule has 1 saturated carbocycles. The van der Waals surface area contributed by atoms with Crippen LogP contribution in [0.1, 0.15) is 30.1 Å². The Labute approximate surface area is 100 Å². The number of nitrogens with zero attached hydrogens (tertiary/aromatic N) is 2. The molecule has 1 aromatic heterocycles. The SMILES string of the molecule is COc1ccc(C)cc1-c1n[nH]c(C2CC2)n1. The lowest BCUT2D eigenvalue weighted by molar-refractivity contribution is 0.416. The van der Waals surface area contributed by atoms with E-state index in [1.165, 1.54) is 18.4 Å². The molecule has 0 amide bonds. The Hall–Kier alpha value is -1.84. The van der Waals surface area contributed by atoms with Crippen LogP contribution in [-0.2, 0) is 0 Å². The molecule has 0 aliphatic heterocycles. The summed E-state index contributed by atoms with van der Waals surface area (Å²) in [7, 11) is 1.67. The van der Waals surface area contributed by atoms with Gasteiger partial charge in [-0.2, -0.15) is 5.10 Å². The molecule has 88 valence electrons. The third-order valence-corrected chi connectivity index (χ3v) is 3.06. The van der Waals surface area contributed by atoms with Crippen molar-refractivity contribution in [2.45, 2.75) is 25.7 Å². The molecule has 0 atom stereocenters. The van der Waals surface area contributed by atoms with Gasteiger partial charge in [-0.25, -0.2) is 4.98 Å². The van der Waals surface area contributed by atoms with E-state index in [1.54, 1.807) is 7.11 Å². The number of hydrogen-bond donors (Lipinski definition) is 1. The fourth-order valence-corrected chi connectivity index (χ4v) is 1.93. The van der Waals surface area contributed by atoms with Crippen molar-refractivity contribution in [2.24, 2.45) is 0 Å². The quantitative estimate of drug-likeness (QED) is 0.880. The summed E-state index contributed by atoms with van der Waals surface area (Å²) in [5, 5.41) is 7.30. The highest BCUT2D eigenvalue weighted by Crippen LogP contribution is 2.39. The normalized spacial score (nSPS) is 14.9. The summed E-state index contributed by atoms with van der Waals surface area (Å²) in [5.74, 6) is 3.14. The van der Waals surface area contributed by atoms with Crippen molar-refractivity contribution in [3.05, 3.63) is 29.6 Å². The lowest BCUT2D eigenvalue weighted by atomic mass is 10.1. The van der Waals surface area contributed by atoms with Gasteiger partial charge in [-0.3, -0.25) is 5.10 Å². The first kappa shape index (κ1) is 10.3. The van der Waals surface area contributed by atoms with E-state index in [0.717, 1.165) is 23.0 Å². The van der Waals surface area contributed by atoms with Crippen LogP contribution in [0.5, 0.6) is 5.75 Å². The maximum atomic E-state index is 5.35. The fraction of sp³-hybridized carbons (Fsp3) is 0.385. The second-order valence-electron chi connectivity index (χ2n) is 4.52. The van der Waals surface area contributed by atoms with Gasteiger partial charge in [0.1, 0.15) is 11.6 Å². The fourth-order valence-electron chi connectivity index (χ4n) is 1.93. The van der Waals surface area contributed by atoms with Crippen LogP contribution in [0.2, 0.25) is 0 Å². The van der Waals surface area contributed by atoms with Gasteiger partial charge in [0.05, 0.1) is 12.7 Å². The Balaban J connectivity index is 2.03. The standard InChI is InChI=1S/C13H15N3O/c1-8-3-6-11(17-2)10(7-8)13-14-12(15-16-13)9-4-5-9/h3,6-7,9H,4-5H2,1-2H3,(H,14,15,16). The lowest BCUT2D eigenvalue weighted by Gasteiger charge is -2.05. The van der Waals surface area contributed by atoms with Crippen LogP contribution in [0, 0.1) is 6.92 Å². The number of benzene rings is 1. The second-order valence-corrected chi connectivity index (χ2v) is 4.52. The second kappa shape index (κ2) is 3.87. The number of hydrogen-bond acceptors (Lipinski definition) is 3. The van der Waals surface area contributed by atoms with Gasteiger partial charge in [0, 0.05) is 5.92 Å². The highest BCUT2D eigenvalue weighted by atomic mass is 16.5. The van der Waals surface area contributed by atoms with E-state index >= 15 is 0 Å². The van der Waals surface area contributed by atoms with Crippen molar-refractivity contribution >= 4 is 0 Å². The topological polar surface area (TPSA) is 50.8 Å². The van der Waals surface area contributed by atoms with Crippen molar-refractivity contribution in [2.75, 3.05) is 7.11 Å². The highest BCUT2D eigenvalue weighted by molar-refractivity contribution is 5.65. The first-order valence-corrected chi connectivity index (χ1v) is 5.85. The third kappa shape index (κ3) is 1.90. The van der Waals surface area contributed by atoms with Crippen LogP contribution in [0.4, 0.5) is 0 Å². The lowest BCUT2D eigenvalue weighted by Crippen LogP contribution is -1.90. The van der Waals surface area contributed by atoms with E-state index in [4.69, 9.17) is 4.74 Å². The molecule has 1 aromatic carbocycles. The van der Waals surface area contributed by atoms with Gasteiger partial charge in [0.15, 0.2) is 5.82 Å². The predicted octanol–water partition coefficient (Wildman–Crippen LogP) is 2.67. The molecule has 0 bridgehead atoms. The molecule has 3 rings (SSSR count). The molecule has 1 fully saturated rings. The number of methoxy groups -OCH3 is 1. The molecule has 1 aliphatic carbocycles. The molecular weight excluding hydrogens is 214 g/mol. The van der Waals surface area contributed by atoms with Gasteiger partial charge in [-0.05, 0) is 31.9 Å². The zero-order valence-corrected chi connectivity index (χ0v) is 10.0. The number of aryl methyl sites for hydroxylation is 1. The van der Waals surface area contributed by atoms with Crippen LogP contribution in [0.3, 0.4) is 0 Å². The summed E-state index contributed by atoms with van der Waals surface area (Å²) >= 11 is 0. The molecule has 17 heavy (non-hydrogen) atoms. The minimum atomic E-state index is 0.590. The monoisotopic (exact) mass is 229 g/mol. The molecule has 4 nitrogen and oxygen atoms in total. The van der Waals surface area contributed by atoms with Crippen molar-refractivity contribution in [3.8, 4) is 17.1 Å². The average molecular weight is 229 g/mol. The molecule has 0 radical (unpaired) electrons. The summed E-state index contributed by atoms with van der Waals surface area (Å²) in [4.78, 5) is 4.55. The molecule has 0 unspecified atom stereocenters. The molecule has 2 aromatic rings. The Morgan fingerprint density at radius 2 is 2.18 bits per heavy atom. The molecule has 1 N–H and O–H groups in total. The van der Waals surface area contributed by atoms with Crippen LogP contribution in [0.15, 0.2) is 18.2 Å². The Morgan fingerprint density at radius 1 is 1.35 bits per heavy atom. The number of aromatic amines is 1. The van der Waals surface area contributed by atoms with E-state index in [9.17, 15) is 0 Å². The van der Waals surface area contributed by atoms with E-state index in [0.29, 0.717) is 5.92 Å². The number of rotatable bonds is 3. The molecule has 0 saturated heterocycles. The molecule has 1 heterocycles. The highest BCUT2D eigenvalue weighted by Gasteiger charge is 2.27. The van der Waals surface area contributed by atoms with Gasteiger partial charge in [0.2, 0.25) is 0 Å². The van der Waals surface area contributed by atoms with E-state index in [1.807, 2.05) is 12.1 Å². The zero-order valence-electron chi connectivity index (χ0n) is 10.0. The third-order valence-electron chi connectivity index (χ3n) is 3.06. The summed E-state index contributed by atoms with van der Waals surface area (Å²) < 4.78 is 5.35. The van der Waals surface area contributed by atoms with E-state index in [2.05, 4.69) is 28.2 Å². The number of nitrogens with one attached hydrogen (secondary N) is 1. The molecular formula is C13H15N3O. The van der Waals surface area contributed by atoms with Crippen LogP contribution >= 0.6 is 0 Å². The molecule has 1 aliphatic rings. The first-order chi connectivity index (χ1) is 8.28. The van der Waals surface area contributed by atoms with Gasteiger partial charge in [-0.1, -0.05) is 11.6 Å². The van der Waals surface area contributed by atoms with Crippen molar-refractivity contribution in [1.29, 1.82) is 0 Å². The average Bonchev–Trinajstić information content (AvgIpc) is 3.07. The largest absolute Gasteiger partial charge is 0.496 e. The smallest absolute Gasteiger partial charge is 0.184 e. The summed E-state index contributed by atoms with van der Waals surface area (Å²) in [5.41, 5.74) is 2.13. The summed E-state index contributed by atoms with van der Waals surface area (Å²) in [6, 6.07) is 6.04. The van der Waals surface area contributed by atoms with Crippen LogP contribution < -0.4 is 4.74 Å². The van der Waals surface area contributed by atoms with Gasteiger partial charge < -0.3 is 4.74 Å².